The fourth-order valence-corrected chi connectivity index (χ4v) is 3.99. The molecule has 4 rings (SSSR count). The fourth-order valence-electron chi connectivity index (χ4n) is 3.44. The van der Waals surface area contributed by atoms with Gasteiger partial charge < -0.3 is 4.42 Å². The molecule has 30 heavy (non-hydrogen) atoms. The van der Waals surface area contributed by atoms with Crippen molar-refractivity contribution in [3.63, 3.8) is 0 Å². The van der Waals surface area contributed by atoms with Gasteiger partial charge in [-0.3, -0.25) is 24.8 Å². The van der Waals surface area contributed by atoms with Crippen LogP contribution in [0.15, 0.2) is 50.8 Å². The molecule has 0 spiro atoms. The summed E-state index contributed by atoms with van der Waals surface area (Å²) in [5, 5.41) is 10.9. The van der Waals surface area contributed by atoms with Crippen molar-refractivity contribution in [1.29, 1.82) is 0 Å². The maximum atomic E-state index is 12.3. The third-order valence-electron chi connectivity index (χ3n) is 4.88. The number of nitrogens with one attached hydrogen (secondary N) is 1. The van der Waals surface area contributed by atoms with E-state index in [0.29, 0.717) is 54.4 Å². The molecule has 0 fully saturated rings. The Kier molecular flexibility index (Phi) is 5.00. The first-order valence-electron chi connectivity index (χ1n) is 9.09. The zero-order valence-corrected chi connectivity index (χ0v) is 16.8. The zero-order chi connectivity index (χ0) is 21.5. The molecular formula is C19H18N4O6S. The smallest absolute Gasteiger partial charge is 0.280 e. The summed E-state index contributed by atoms with van der Waals surface area (Å²) in [7, 11) is -3.60. The number of furan rings is 1. The van der Waals surface area contributed by atoms with Gasteiger partial charge in [0.1, 0.15) is 11.5 Å². The van der Waals surface area contributed by atoms with E-state index in [-0.39, 0.29) is 10.8 Å². The summed E-state index contributed by atoms with van der Waals surface area (Å²) < 4.78 is 29.1. The molecule has 0 radical (unpaired) electrons. The van der Waals surface area contributed by atoms with Crippen molar-refractivity contribution in [1.82, 2.24) is 14.9 Å². The fraction of sp³-hybridized carbons (Fsp3) is 0.263. The van der Waals surface area contributed by atoms with Gasteiger partial charge in [-0.2, -0.15) is 0 Å². The van der Waals surface area contributed by atoms with Crippen molar-refractivity contribution >= 4 is 15.5 Å². The van der Waals surface area contributed by atoms with Crippen molar-refractivity contribution in [2.24, 2.45) is 0 Å². The second-order valence-electron chi connectivity index (χ2n) is 7.07. The summed E-state index contributed by atoms with van der Waals surface area (Å²) in [5.74, 6) is 0.996. The number of H-pyrrole nitrogens is 1. The number of nitro groups is 1. The molecule has 0 saturated carbocycles. The number of aromatic nitrogens is 2. The zero-order valence-electron chi connectivity index (χ0n) is 16.0. The minimum atomic E-state index is -3.60. The number of nitro benzene ring substituents is 1. The molecule has 2 aromatic heterocycles. The van der Waals surface area contributed by atoms with E-state index < -0.39 is 20.3 Å². The molecule has 156 valence electrons. The number of hydrogen-bond acceptors (Lipinski definition) is 8. The Labute approximate surface area is 171 Å². The number of aromatic amines is 1. The lowest BCUT2D eigenvalue weighted by atomic mass is 10.1. The summed E-state index contributed by atoms with van der Waals surface area (Å²) in [5.41, 5.74) is 0.802. The van der Waals surface area contributed by atoms with Crippen LogP contribution < -0.4 is 5.56 Å². The second kappa shape index (κ2) is 7.50. The van der Waals surface area contributed by atoms with Crippen LogP contribution in [0.1, 0.15) is 17.0 Å². The van der Waals surface area contributed by atoms with Crippen molar-refractivity contribution in [2.45, 2.75) is 24.7 Å². The van der Waals surface area contributed by atoms with E-state index in [1.54, 1.807) is 30.3 Å². The quantitative estimate of drug-likeness (QED) is 0.368. The highest BCUT2D eigenvalue weighted by molar-refractivity contribution is 7.90. The largest absolute Gasteiger partial charge is 0.459 e. The second-order valence-corrected chi connectivity index (χ2v) is 9.00. The van der Waals surface area contributed by atoms with Crippen molar-refractivity contribution < 1.29 is 17.8 Å². The van der Waals surface area contributed by atoms with Gasteiger partial charge in [0.25, 0.3) is 11.2 Å². The van der Waals surface area contributed by atoms with Crippen LogP contribution in [0.3, 0.4) is 0 Å². The Morgan fingerprint density at radius 1 is 1.27 bits per heavy atom. The average Bonchev–Trinajstić information content (AvgIpc) is 3.16. The summed E-state index contributed by atoms with van der Waals surface area (Å²) >= 11 is 0. The SMILES string of the molecule is CS(=O)(=O)c1nc2c(c(=O)[nH]1)CN(Cc1ccc(-c3ccccc3[N+](=O)[O-])o1)CC2. The van der Waals surface area contributed by atoms with E-state index in [1.807, 2.05) is 4.90 Å². The molecule has 0 bridgehead atoms. The lowest BCUT2D eigenvalue weighted by Crippen LogP contribution is -2.36. The van der Waals surface area contributed by atoms with E-state index in [9.17, 15) is 23.3 Å². The third-order valence-corrected chi connectivity index (χ3v) is 5.78. The molecule has 0 unspecified atom stereocenters. The first-order valence-corrected chi connectivity index (χ1v) is 11.0. The predicted octanol–water partition coefficient (Wildman–Crippen LogP) is 1.90. The predicted molar refractivity (Wildman–Crippen MR) is 107 cm³/mol. The average molecular weight is 430 g/mol. The number of benzene rings is 1. The van der Waals surface area contributed by atoms with E-state index >= 15 is 0 Å². The molecule has 0 amide bonds. The van der Waals surface area contributed by atoms with Crippen LogP contribution in [0.5, 0.6) is 0 Å². The first-order chi connectivity index (χ1) is 14.2. The van der Waals surface area contributed by atoms with E-state index in [1.165, 1.54) is 6.07 Å². The highest BCUT2D eigenvalue weighted by Gasteiger charge is 2.24. The number of rotatable bonds is 5. The lowest BCUT2D eigenvalue weighted by molar-refractivity contribution is -0.384. The minimum Gasteiger partial charge on any atom is -0.459 e. The van der Waals surface area contributed by atoms with Gasteiger partial charge in [0, 0.05) is 31.8 Å². The molecule has 3 aromatic rings. The van der Waals surface area contributed by atoms with Gasteiger partial charge in [-0.05, 0) is 18.2 Å². The molecule has 0 saturated heterocycles. The Morgan fingerprint density at radius 3 is 2.77 bits per heavy atom. The minimum absolute atomic E-state index is 0.0374. The molecule has 1 aliphatic rings. The van der Waals surface area contributed by atoms with Crippen LogP contribution in [-0.4, -0.2) is 41.0 Å². The maximum Gasteiger partial charge on any atom is 0.280 e. The Hall–Kier alpha value is -3.31. The van der Waals surface area contributed by atoms with Gasteiger partial charge in [-0.25, -0.2) is 13.4 Å². The highest BCUT2D eigenvalue weighted by atomic mass is 32.2. The normalized spacial score (nSPS) is 14.4. The van der Waals surface area contributed by atoms with Crippen LogP contribution in [-0.2, 0) is 29.3 Å². The lowest BCUT2D eigenvalue weighted by Gasteiger charge is -2.26. The van der Waals surface area contributed by atoms with Crippen LogP contribution in [0.2, 0.25) is 0 Å². The highest BCUT2D eigenvalue weighted by Crippen LogP contribution is 2.31. The maximum absolute atomic E-state index is 12.3. The summed E-state index contributed by atoms with van der Waals surface area (Å²) in [6.45, 7) is 1.25. The third kappa shape index (κ3) is 3.89. The molecule has 1 N–H and O–H groups in total. The van der Waals surface area contributed by atoms with Crippen LogP contribution >= 0.6 is 0 Å². The number of hydrogen-bond donors (Lipinski definition) is 1. The van der Waals surface area contributed by atoms with Gasteiger partial charge in [0.05, 0.1) is 28.3 Å². The molecule has 10 nitrogen and oxygen atoms in total. The van der Waals surface area contributed by atoms with E-state index in [0.717, 1.165) is 6.26 Å². The van der Waals surface area contributed by atoms with Gasteiger partial charge in [-0.15, -0.1) is 0 Å². The van der Waals surface area contributed by atoms with Crippen LogP contribution in [0.4, 0.5) is 5.69 Å². The number of nitrogens with zero attached hydrogens (tertiary/aromatic N) is 3. The van der Waals surface area contributed by atoms with Gasteiger partial charge in [0.15, 0.2) is 0 Å². The summed E-state index contributed by atoms with van der Waals surface area (Å²) in [6, 6.07) is 9.78. The Bertz CT molecular complexity index is 1290. The molecule has 11 heteroatoms. The monoisotopic (exact) mass is 430 g/mol. The van der Waals surface area contributed by atoms with Gasteiger partial charge >= 0.3 is 0 Å². The topological polar surface area (TPSA) is 139 Å². The van der Waals surface area contributed by atoms with Gasteiger partial charge in [-0.1, -0.05) is 12.1 Å². The van der Waals surface area contributed by atoms with E-state index in [2.05, 4.69) is 9.97 Å². The Morgan fingerprint density at radius 2 is 2.03 bits per heavy atom. The van der Waals surface area contributed by atoms with Crippen LogP contribution in [0.25, 0.3) is 11.3 Å². The molecule has 0 atom stereocenters. The Balaban J connectivity index is 1.54. The molecule has 1 aliphatic heterocycles. The molecule has 3 heterocycles. The molecular weight excluding hydrogens is 412 g/mol. The summed E-state index contributed by atoms with van der Waals surface area (Å²) in [6.07, 6.45) is 1.43. The molecule has 1 aromatic carbocycles. The van der Waals surface area contributed by atoms with Crippen molar-refractivity contribution in [3.8, 4) is 11.3 Å². The number of sulfone groups is 1. The van der Waals surface area contributed by atoms with Crippen molar-refractivity contribution in [2.75, 3.05) is 12.8 Å². The standard InChI is InChI=1S/C19H18N4O6S/c1-30(27,28)19-20-15-8-9-22(11-14(15)18(24)21-19)10-12-6-7-17(29-12)13-4-2-3-5-16(13)23(25)26/h2-7H,8-11H2,1H3,(H,20,21,24). The summed E-state index contributed by atoms with van der Waals surface area (Å²) in [4.78, 5) is 31.5. The van der Waals surface area contributed by atoms with Gasteiger partial charge in [0.2, 0.25) is 15.0 Å². The molecule has 0 aliphatic carbocycles. The first kappa shape index (κ1) is 20.0. The number of para-hydroxylation sites is 1. The van der Waals surface area contributed by atoms with E-state index in [4.69, 9.17) is 4.42 Å². The number of fused-ring (bicyclic) bond motifs is 1. The van der Waals surface area contributed by atoms with Crippen LogP contribution in [0, 0.1) is 10.1 Å². The van der Waals surface area contributed by atoms with Crippen molar-refractivity contribution in [3.05, 3.63) is 73.9 Å².